The van der Waals surface area contributed by atoms with E-state index in [0.29, 0.717) is 16.9 Å². The van der Waals surface area contributed by atoms with Crippen LogP contribution in [0.2, 0.25) is 0 Å². The first-order chi connectivity index (χ1) is 15.0. The molecule has 0 saturated carbocycles. The van der Waals surface area contributed by atoms with Crippen molar-refractivity contribution in [2.24, 2.45) is 7.05 Å². The average molecular weight is 421 g/mol. The lowest BCUT2D eigenvalue weighted by atomic mass is 9.99. The van der Waals surface area contributed by atoms with Gasteiger partial charge in [-0.05, 0) is 24.1 Å². The van der Waals surface area contributed by atoms with Crippen LogP contribution in [-0.4, -0.2) is 74.8 Å². The number of rotatable bonds is 7. The van der Waals surface area contributed by atoms with E-state index < -0.39 is 0 Å². The number of aliphatic hydroxyl groups excluding tert-OH is 1. The first-order valence-electron chi connectivity index (χ1n) is 10.4. The van der Waals surface area contributed by atoms with Crippen molar-refractivity contribution in [1.29, 1.82) is 5.41 Å². The van der Waals surface area contributed by atoms with E-state index >= 15 is 0 Å². The van der Waals surface area contributed by atoms with Gasteiger partial charge < -0.3 is 15.7 Å². The maximum atomic E-state index is 9.02. The van der Waals surface area contributed by atoms with E-state index in [1.807, 2.05) is 37.5 Å². The van der Waals surface area contributed by atoms with Gasteiger partial charge in [-0.2, -0.15) is 5.10 Å². The summed E-state index contributed by atoms with van der Waals surface area (Å²) >= 11 is 0. The van der Waals surface area contributed by atoms with Gasteiger partial charge in [0, 0.05) is 75.5 Å². The smallest absolute Gasteiger partial charge is 0.132 e. The summed E-state index contributed by atoms with van der Waals surface area (Å²) in [6.07, 6.45) is 6.04. The number of aryl methyl sites for hydroxylation is 1. The molecule has 1 fully saturated rings. The van der Waals surface area contributed by atoms with Gasteiger partial charge in [-0.15, -0.1) is 0 Å². The Bertz CT molecular complexity index is 1060. The summed E-state index contributed by atoms with van der Waals surface area (Å²) in [4.78, 5) is 13.3. The summed E-state index contributed by atoms with van der Waals surface area (Å²) < 4.78 is 1.75. The van der Waals surface area contributed by atoms with Crippen molar-refractivity contribution >= 4 is 17.2 Å². The van der Waals surface area contributed by atoms with Gasteiger partial charge in [0.25, 0.3) is 0 Å². The lowest BCUT2D eigenvalue weighted by molar-refractivity contribution is 0.215. The predicted octanol–water partition coefficient (Wildman–Crippen LogP) is 1.38. The third kappa shape index (κ3) is 4.73. The molecule has 31 heavy (non-hydrogen) atoms. The molecule has 4 N–H and O–H groups in total. The van der Waals surface area contributed by atoms with Crippen molar-refractivity contribution in [3.8, 4) is 11.1 Å². The molecule has 1 aromatic carbocycles. The second kappa shape index (κ2) is 9.23. The number of aromatic nitrogens is 4. The number of nitrogens with zero attached hydrogens (tertiary/aromatic N) is 6. The van der Waals surface area contributed by atoms with Gasteiger partial charge in [0.2, 0.25) is 0 Å². The number of nitrogen functional groups attached to an aromatic ring is 1. The number of benzene rings is 1. The van der Waals surface area contributed by atoms with Crippen LogP contribution in [0.1, 0.15) is 17.7 Å². The number of nitrogens with one attached hydrogen (secondary N) is 1. The summed E-state index contributed by atoms with van der Waals surface area (Å²) in [7, 11) is 1.87. The van der Waals surface area contributed by atoms with Crippen molar-refractivity contribution in [2.75, 3.05) is 50.0 Å². The lowest BCUT2D eigenvalue weighted by Crippen LogP contribution is -2.47. The van der Waals surface area contributed by atoms with Crippen LogP contribution < -0.4 is 10.6 Å². The van der Waals surface area contributed by atoms with E-state index in [4.69, 9.17) is 16.2 Å². The third-order valence-corrected chi connectivity index (χ3v) is 5.60. The largest absolute Gasteiger partial charge is 0.398 e. The normalized spacial score (nSPS) is 14.7. The molecule has 1 aliphatic rings. The van der Waals surface area contributed by atoms with E-state index in [2.05, 4.69) is 24.9 Å². The molecule has 0 unspecified atom stereocenters. The summed E-state index contributed by atoms with van der Waals surface area (Å²) in [6.45, 7) is 4.70. The van der Waals surface area contributed by atoms with Gasteiger partial charge in [0.05, 0.1) is 17.6 Å². The van der Waals surface area contributed by atoms with Crippen molar-refractivity contribution < 1.29 is 5.11 Å². The summed E-state index contributed by atoms with van der Waals surface area (Å²) in [5.41, 5.74) is 10.1. The van der Waals surface area contributed by atoms with E-state index in [1.165, 1.54) is 6.33 Å². The highest BCUT2D eigenvalue weighted by Gasteiger charge is 2.19. The van der Waals surface area contributed by atoms with Crippen LogP contribution in [-0.2, 0) is 7.05 Å². The van der Waals surface area contributed by atoms with Crippen LogP contribution in [0.3, 0.4) is 0 Å². The second-order valence-corrected chi connectivity index (χ2v) is 7.75. The Morgan fingerprint density at radius 2 is 1.94 bits per heavy atom. The Hall–Kier alpha value is -3.30. The molecule has 1 saturated heterocycles. The van der Waals surface area contributed by atoms with Crippen LogP contribution >= 0.6 is 0 Å². The third-order valence-electron chi connectivity index (χ3n) is 5.60. The number of nitrogens with two attached hydrogens (primary N) is 1. The van der Waals surface area contributed by atoms with Crippen molar-refractivity contribution in [3.63, 3.8) is 0 Å². The zero-order valence-electron chi connectivity index (χ0n) is 17.7. The molecule has 9 heteroatoms. The first-order valence-corrected chi connectivity index (χ1v) is 10.4. The summed E-state index contributed by atoms with van der Waals surface area (Å²) in [5.74, 6) is 0.818. The molecular weight excluding hydrogens is 392 g/mol. The maximum Gasteiger partial charge on any atom is 0.132 e. The van der Waals surface area contributed by atoms with E-state index in [-0.39, 0.29) is 12.3 Å². The minimum atomic E-state index is 0.225. The van der Waals surface area contributed by atoms with Crippen LogP contribution in [0, 0.1) is 5.41 Å². The molecular formula is C22H28N8O. The molecule has 4 rings (SSSR count). The van der Waals surface area contributed by atoms with Gasteiger partial charge in [-0.3, -0.25) is 15.0 Å². The van der Waals surface area contributed by atoms with E-state index in [9.17, 15) is 0 Å². The SMILES string of the molecule is Cn1cc(-c2ccc(N)c(C(=N)c3cc(N4CCN(CCCO)CC4)ncn3)c2)cn1. The second-order valence-electron chi connectivity index (χ2n) is 7.75. The number of hydrogen-bond donors (Lipinski definition) is 3. The molecule has 0 radical (unpaired) electrons. The van der Waals surface area contributed by atoms with E-state index in [0.717, 1.165) is 56.1 Å². The minimum absolute atomic E-state index is 0.225. The number of anilines is 2. The molecule has 0 amide bonds. The molecule has 162 valence electrons. The highest BCUT2D eigenvalue weighted by molar-refractivity contribution is 6.13. The average Bonchev–Trinajstić information content (AvgIpc) is 3.24. The summed E-state index contributed by atoms with van der Waals surface area (Å²) in [6, 6.07) is 7.53. The van der Waals surface area contributed by atoms with Crippen LogP contribution in [0.25, 0.3) is 11.1 Å². The van der Waals surface area contributed by atoms with Gasteiger partial charge in [0.15, 0.2) is 0 Å². The zero-order chi connectivity index (χ0) is 21.8. The van der Waals surface area contributed by atoms with Gasteiger partial charge in [-0.25, -0.2) is 9.97 Å². The molecule has 9 nitrogen and oxygen atoms in total. The number of aliphatic hydroxyl groups is 1. The predicted molar refractivity (Wildman–Crippen MR) is 121 cm³/mol. The molecule has 2 aromatic heterocycles. The lowest BCUT2D eigenvalue weighted by Gasteiger charge is -2.35. The highest BCUT2D eigenvalue weighted by atomic mass is 16.3. The molecule has 0 spiro atoms. The standard InChI is InChI=1S/C22H28N8O/c1-28-14-17(13-27-28)16-3-4-19(23)18(11-16)22(24)20-12-21(26-15-25-20)30-8-6-29(7-9-30)5-2-10-31/h3-4,11-15,24,31H,2,5-10,23H2,1H3. The molecule has 0 atom stereocenters. The van der Waals surface area contributed by atoms with E-state index in [1.54, 1.807) is 10.9 Å². The van der Waals surface area contributed by atoms with Gasteiger partial charge in [-0.1, -0.05) is 6.07 Å². The van der Waals surface area contributed by atoms with Crippen molar-refractivity contribution in [2.45, 2.75) is 6.42 Å². The highest BCUT2D eigenvalue weighted by Crippen LogP contribution is 2.25. The molecule has 0 bridgehead atoms. The van der Waals surface area contributed by atoms with Crippen LogP contribution in [0.4, 0.5) is 11.5 Å². The first kappa shape index (κ1) is 21.0. The monoisotopic (exact) mass is 420 g/mol. The Balaban J connectivity index is 1.52. The van der Waals surface area contributed by atoms with Crippen molar-refractivity contribution in [1.82, 2.24) is 24.6 Å². The molecule has 3 aromatic rings. The number of hydrogen-bond acceptors (Lipinski definition) is 8. The Kier molecular flexibility index (Phi) is 6.24. The van der Waals surface area contributed by atoms with Gasteiger partial charge in [0.1, 0.15) is 12.1 Å². The van der Waals surface area contributed by atoms with Crippen LogP contribution in [0.5, 0.6) is 0 Å². The Morgan fingerprint density at radius 1 is 1.13 bits per heavy atom. The summed E-state index contributed by atoms with van der Waals surface area (Å²) in [5, 5.41) is 22.0. The quantitative estimate of drug-likeness (QED) is 0.390. The minimum Gasteiger partial charge on any atom is -0.398 e. The van der Waals surface area contributed by atoms with Crippen LogP contribution in [0.15, 0.2) is 43.0 Å². The fourth-order valence-electron chi connectivity index (χ4n) is 3.81. The Morgan fingerprint density at radius 3 is 2.65 bits per heavy atom. The molecule has 1 aliphatic heterocycles. The topological polar surface area (TPSA) is 120 Å². The zero-order valence-corrected chi connectivity index (χ0v) is 17.7. The van der Waals surface area contributed by atoms with Gasteiger partial charge >= 0.3 is 0 Å². The Labute approximate surface area is 181 Å². The maximum absolute atomic E-state index is 9.02. The fraction of sp³-hybridized carbons (Fsp3) is 0.364. The number of piperazine rings is 1. The molecule has 3 heterocycles. The molecule has 0 aliphatic carbocycles. The fourth-order valence-corrected chi connectivity index (χ4v) is 3.81. The van der Waals surface area contributed by atoms with Crippen molar-refractivity contribution in [3.05, 3.63) is 54.2 Å².